The smallest absolute Gasteiger partial charge is 0.335 e. The van der Waals surface area contributed by atoms with Crippen LogP contribution >= 0.6 is 11.6 Å². The van der Waals surface area contributed by atoms with E-state index >= 15 is 0 Å². The maximum absolute atomic E-state index is 13.6. The molecule has 0 aliphatic carbocycles. The average molecular weight is 283 g/mol. The van der Waals surface area contributed by atoms with E-state index in [1.54, 1.807) is 0 Å². The number of carboxylic acids is 1. The highest BCUT2D eigenvalue weighted by atomic mass is 35.5. The number of nitrogens with one attached hydrogen (secondary N) is 2. The van der Waals surface area contributed by atoms with Crippen molar-refractivity contribution in [3.8, 4) is 0 Å². The van der Waals surface area contributed by atoms with E-state index < -0.39 is 17.7 Å². The largest absolute Gasteiger partial charge is 0.478 e. The quantitative estimate of drug-likeness (QED) is 0.809. The van der Waals surface area contributed by atoms with Gasteiger partial charge in [-0.05, 0) is 24.3 Å². The number of H-pyrrole nitrogens is 1. The first kappa shape index (κ1) is 13.1. The Balaban J connectivity index is 2.20. The summed E-state index contributed by atoms with van der Waals surface area (Å²) in [5.41, 5.74) is -0.133. The van der Waals surface area contributed by atoms with E-state index in [1.807, 2.05) is 0 Å². The van der Waals surface area contributed by atoms with E-state index in [9.17, 15) is 14.0 Å². The van der Waals surface area contributed by atoms with Crippen molar-refractivity contribution in [2.45, 2.75) is 0 Å². The Morgan fingerprint density at radius 1 is 1.32 bits per heavy atom. The number of hydrogen-bond acceptors (Lipinski definition) is 2. The van der Waals surface area contributed by atoms with Crippen LogP contribution in [0.5, 0.6) is 0 Å². The Morgan fingerprint density at radius 2 is 2.05 bits per heavy atom. The molecule has 0 aliphatic rings. The molecule has 1 amide bonds. The predicted octanol–water partition coefficient (Wildman–Crippen LogP) is 2.76. The van der Waals surface area contributed by atoms with Crippen molar-refractivity contribution in [2.75, 3.05) is 5.32 Å². The zero-order chi connectivity index (χ0) is 14.0. The Morgan fingerprint density at radius 3 is 2.58 bits per heavy atom. The van der Waals surface area contributed by atoms with Crippen molar-refractivity contribution in [3.05, 3.63) is 52.6 Å². The van der Waals surface area contributed by atoms with Crippen LogP contribution in [0.3, 0.4) is 0 Å². The summed E-state index contributed by atoms with van der Waals surface area (Å²) in [5.74, 6) is -2.65. The molecule has 2 aromatic rings. The number of carboxylic acid groups (broad SMARTS) is 1. The topological polar surface area (TPSA) is 82.2 Å². The van der Waals surface area contributed by atoms with Gasteiger partial charge in [-0.2, -0.15) is 0 Å². The highest BCUT2D eigenvalue weighted by molar-refractivity contribution is 6.31. The number of aromatic amines is 1. The minimum atomic E-state index is -1.24. The summed E-state index contributed by atoms with van der Waals surface area (Å²) in [6.45, 7) is 0. The van der Waals surface area contributed by atoms with Gasteiger partial charge in [0.15, 0.2) is 0 Å². The Hall–Kier alpha value is -2.34. The summed E-state index contributed by atoms with van der Waals surface area (Å²) < 4.78 is 13.6. The lowest BCUT2D eigenvalue weighted by molar-refractivity contribution is 0.0696. The Bertz CT molecular complexity index is 654. The molecule has 3 N–H and O–H groups in total. The summed E-state index contributed by atoms with van der Waals surface area (Å²) in [6.07, 6.45) is 1.42. The highest BCUT2D eigenvalue weighted by Crippen LogP contribution is 2.17. The molecule has 1 aromatic carbocycles. The number of anilines is 1. The van der Waals surface area contributed by atoms with E-state index in [0.717, 1.165) is 6.07 Å². The van der Waals surface area contributed by atoms with Gasteiger partial charge in [0.1, 0.15) is 11.5 Å². The number of aromatic carboxylic acids is 1. The van der Waals surface area contributed by atoms with Crippen LogP contribution in [0.25, 0.3) is 0 Å². The first-order valence-electron chi connectivity index (χ1n) is 5.15. The summed E-state index contributed by atoms with van der Waals surface area (Å²) >= 11 is 5.64. The van der Waals surface area contributed by atoms with E-state index in [-0.39, 0.29) is 16.9 Å². The van der Waals surface area contributed by atoms with Crippen molar-refractivity contribution in [1.82, 2.24) is 4.98 Å². The van der Waals surface area contributed by atoms with Gasteiger partial charge >= 0.3 is 5.97 Å². The number of hydrogen-bond donors (Lipinski definition) is 3. The van der Waals surface area contributed by atoms with Gasteiger partial charge in [0.25, 0.3) is 5.91 Å². The van der Waals surface area contributed by atoms with Gasteiger partial charge in [-0.3, -0.25) is 4.79 Å². The number of halogens is 2. The van der Waals surface area contributed by atoms with E-state index in [4.69, 9.17) is 16.7 Å². The van der Waals surface area contributed by atoms with Crippen LogP contribution in [0.15, 0.2) is 30.5 Å². The molecule has 19 heavy (non-hydrogen) atoms. The SMILES string of the molecule is O=C(O)c1ccc(NC(=O)c2cc(Cl)c[nH]2)c(F)c1. The molecule has 98 valence electrons. The molecular formula is C12H8ClFN2O3. The van der Waals surface area contributed by atoms with Crippen molar-refractivity contribution in [1.29, 1.82) is 0 Å². The second kappa shape index (κ2) is 5.11. The van der Waals surface area contributed by atoms with Crippen LogP contribution < -0.4 is 5.32 Å². The highest BCUT2D eigenvalue weighted by Gasteiger charge is 2.13. The van der Waals surface area contributed by atoms with Gasteiger partial charge in [0.2, 0.25) is 0 Å². The number of carbonyl (C=O) groups is 2. The molecule has 0 unspecified atom stereocenters. The molecule has 0 atom stereocenters. The third-order valence-corrected chi connectivity index (χ3v) is 2.57. The predicted molar refractivity (Wildman–Crippen MR) is 67.1 cm³/mol. The number of aromatic nitrogens is 1. The number of benzene rings is 1. The van der Waals surface area contributed by atoms with Crippen LogP contribution in [-0.2, 0) is 0 Å². The molecule has 0 fully saturated rings. The van der Waals surface area contributed by atoms with Gasteiger partial charge in [0, 0.05) is 6.20 Å². The summed E-state index contributed by atoms with van der Waals surface area (Å²) in [5, 5.41) is 11.4. The van der Waals surface area contributed by atoms with Gasteiger partial charge in [0.05, 0.1) is 16.3 Å². The van der Waals surface area contributed by atoms with Gasteiger partial charge in [-0.25, -0.2) is 9.18 Å². The molecule has 7 heteroatoms. The molecule has 0 saturated carbocycles. The van der Waals surface area contributed by atoms with E-state index in [0.29, 0.717) is 5.02 Å². The molecule has 0 saturated heterocycles. The minimum Gasteiger partial charge on any atom is -0.478 e. The third kappa shape index (κ3) is 2.92. The summed E-state index contributed by atoms with van der Waals surface area (Å²) in [7, 11) is 0. The van der Waals surface area contributed by atoms with E-state index in [1.165, 1.54) is 24.4 Å². The van der Waals surface area contributed by atoms with Crippen LogP contribution in [-0.4, -0.2) is 22.0 Å². The molecule has 5 nitrogen and oxygen atoms in total. The monoisotopic (exact) mass is 282 g/mol. The lowest BCUT2D eigenvalue weighted by Gasteiger charge is -2.05. The fraction of sp³-hybridized carbons (Fsp3) is 0. The standard InChI is InChI=1S/C12H8ClFN2O3/c13-7-4-10(15-5-7)11(17)16-9-2-1-6(12(18)19)3-8(9)14/h1-5,15H,(H,16,17)(H,18,19). The average Bonchev–Trinajstić information content (AvgIpc) is 2.78. The lowest BCUT2D eigenvalue weighted by Crippen LogP contribution is -2.13. The molecule has 0 spiro atoms. The molecule has 1 heterocycles. The van der Waals surface area contributed by atoms with Crippen molar-refractivity contribution < 1.29 is 19.1 Å². The normalized spacial score (nSPS) is 10.2. The molecule has 0 bridgehead atoms. The summed E-state index contributed by atoms with van der Waals surface area (Å²) in [4.78, 5) is 25.0. The van der Waals surface area contributed by atoms with Crippen molar-refractivity contribution in [2.24, 2.45) is 0 Å². The maximum Gasteiger partial charge on any atom is 0.335 e. The van der Waals surface area contributed by atoms with Crippen LogP contribution in [0, 0.1) is 5.82 Å². The van der Waals surface area contributed by atoms with Crippen LogP contribution in [0.2, 0.25) is 5.02 Å². The number of amides is 1. The molecular weight excluding hydrogens is 275 g/mol. The first-order valence-corrected chi connectivity index (χ1v) is 5.53. The van der Waals surface area contributed by atoms with Gasteiger partial charge in [-0.1, -0.05) is 11.6 Å². The minimum absolute atomic E-state index is 0.110. The van der Waals surface area contributed by atoms with Crippen LogP contribution in [0.1, 0.15) is 20.8 Å². The first-order chi connectivity index (χ1) is 8.97. The molecule has 1 aromatic heterocycles. The molecule has 0 aliphatic heterocycles. The second-order valence-corrected chi connectivity index (χ2v) is 4.12. The number of carbonyl (C=O) groups excluding carboxylic acids is 1. The van der Waals surface area contributed by atoms with Crippen molar-refractivity contribution in [3.63, 3.8) is 0 Å². The zero-order valence-electron chi connectivity index (χ0n) is 9.41. The fourth-order valence-electron chi connectivity index (χ4n) is 1.44. The second-order valence-electron chi connectivity index (χ2n) is 3.69. The Kier molecular flexibility index (Phi) is 3.52. The number of rotatable bonds is 3. The van der Waals surface area contributed by atoms with Crippen molar-refractivity contribution >= 4 is 29.2 Å². The van der Waals surface area contributed by atoms with Crippen LogP contribution in [0.4, 0.5) is 10.1 Å². The lowest BCUT2D eigenvalue weighted by atomic mass is 10.2. The molecule has 2 rings (SSSR count). The zero-order valence-corrected chi connectivity index (χ0v) is 10.2. The fourth-order valence-corrected chi connectivity index (χ4v) is 1.60. The van der Waals surface area contributed by atoms with Gasteiger partial charge in [-0.15, -0.1) is 0 Å². The molecule has 0 radical (unpaired) electrons. The Labute approximate surface area is 112 Å². The van der Waals surface area contributed by atoms with Gasteiger partial charge < -0.3 is 15.4 Å². The summed E-state index contributed by atoms with van der Waals surface area (Å²) in [6, 6.07) is 4.60. The van der Waals surface area contributed by atoms with E-state index in [2.05, 4.69) is 10.3 Å². The third-order valence-electron chi connectivity index (χ3n) is 2.36. The maximum atomic E-state index is 13.6.